The van der Waals surface area contributed by atoms with E-state index in [0.717, 1.165) is 82.3 Å². The number of carbonyl (C=O) groups is 1. The average molecular weight is 517 g/mol. The molecule has 3 aliphatic heterocycles. The molecule has 0 saturated carbocycles. The van der Waals surface area contributed by atoms with E-state index in [4.69, 9.17) is 4.74 Å². The van der Waals surface area contributed by atoms with E-state index in [1.165, 1.54) is 12.1 Å². The van der Waals surface area contributed by atoms with Crippen LogP contribution in [-0.2, 0) is 9.53 Å². The van der Waals surface area contributed by atoms with Crippen LogP contribution in [0.25, 0.3) is 11.1 Å². The summed E-state index contributed by atoms with van der Waals surface area (Å²) in [4.78, 5) is 25.7. The van der Waals surface area contributed by atoms with Crippen molar-refractivity contribution in [3.63, 3.8) is 0 Å². The lowest BCUT2D eigenvalue weighted by molar-refractivity contribution is -0.110. The van der Waals surface area contributed by atoms with Crippen LogP contribution < -0.4 is 10.6 Å². The SMILES string of the molecule is O=C1Nc2ccc(NC3CCN(CCN4CCOCC4)CC3)cc2C1=C(c1cccc(F)c1)c1ncc[nH]1. The molecule has 2 fully saturated rings. The van der Waals surface area contributed by atoms with E-state index in [1.807, 2.05) is 18.2 Å². The molecule has 1 aromatic heterocycles. The number of fused-ring (bicyclic) bond motifs is 1. The molecule has 4 heterocycles. The number of imidazole rings is 1. The second-order valence-electron chi connectivity index (χ2n) is 10.1. The van der Waals surface area contributed by atoms with E-state index in [9.17, 15) is 9.18 Å². The highest BCUT2D eigenvalue weighted by Crippen LogP contribution is 2.40. The van der Waals surface area contributed by atoms with Crippen molar-refractivity contribution in [2.75, 3.05) is 63.1 Å². The molecular formula is C29H33FN6O2. The number of amides is 1. The highest BCUT2D eigenvalue weighted by molar-refractivity contribution is 6.38. The summed E-state index contributed by atoms with van der Waals surface area (Å²) in [7, 11) is 0. The number of hydrogen-bond acceptors (Lipinski definition) is 6. The summed E-state index contributed by atoms with van der Waals surface area (Å²) in [6.07, 6.45) is 5.48. The number of benzene rings is 2. The molecule has 3 N–H and O–H groups in total. The minimum absolute atomic E-state index is 0.221. The molecule has 2 saturated heterocycles. The van der Waals surface area contributed by atoms with Gasteiger partial charge in [-0.15, -0.1) is 0 Å². The molecule has 0 aliphatic carbocycles. The van der Waals surface area contributed by atoms with Gasteiger partial charge in [-0.2, -0.15) is 0 Å². The highest BCUT2D eigenvalue weighted by Gasteiger charge is 2.30. The second-order valence-corrected chi connectivity index (χ2v) is 10.1. The Morgan fingerprint density at radius 3 is 2.58 bits per heavy atom. The first-order chi connectivity index (χ1) is 18.6. The topological polar surface area (TPSA) is 85.5 Å². The predicted molar refractivity (Wildman–Crippen MR) is 146 cm³/mol. The summed E-state index contributed by atoms with van der Waals surface area (Å²) in [5, 5.41) is 6.67. The summed E-state index contributed by atoms with van der Waals surface area (Å²) in [5.74, 6) is -0.0599. The number of anilines is 2. The first-order valence-electron chi connectivity index (χ1n) is 13.4. The summed E-state index contributed by atoms with van der Waals surface area (Å²) in [5.41, 5.74) is 4.18. The van der Waals surface area contributed by atoms with Crippen LogP contribution in [0.5, 0.6) is 0 Å². The van der Waals surface area contributed by atoms with E-state index in [1.54, 1.807) is 24.5 Å². The summed E-state index contributed by atoms with van der Waals surface area (Å²) in [6.45, 7) is 8.09. The van der Waals surface area contributed by atoms with Gasteiger partial charge in [-0.3, -0.25) is 9.69 Å². The van der Waals surface area contributed by atoms with Gasteiger partial charge in [0.25, 0.3) is 5.91 Å². The molecule has 1 amide bonds. The molecule has 198 valence electrons. The molecule has 0 bridgehead atoms. The molecule has 0 radical (unpaired) electrons. The van der Waals surface area contributed by atoms with Gasteiger partial charge in [0.1, 0.15) is 11.6 Å². The predicted octanol–water partition coefficient (Wildman–Crippen LogP) is 3.67. The van der Waals surface area contributed by atoms with E-state index in [-0.39, 0.29) is 11.7 Å². The largest absolute Gasteiger partial charge is 0.382 e. The van der Waals surface area contributed by atoms with Crippen molar-refractivity contribution in [1.29, 1.82) is 0 Å². The minimum Gasteiger partial charge on any atom is -0.382 e. The van der Waals surface area contributed by atoms with Crippen molar-refractivity contribution in [3.05, 3.63) is 77.6 Å². The number of likely N-dealkylation sites (tertiary alicyclic amines) is 1. The van der Waals surface area contributed by atoms with E-state index in [2.05, 4.69) is 30.4 Å². The lowest BCUT2D eigenvalue weighted by atomic mass is 9.94. The monoisotopic (exact) mass is 516 g/mol. The minimum atomic E-state index is -0.363. The number of halogens is 1. The molecule has 0 spiro atoms. The molecule has 3 aliphatic rings. The number of ether oxygens (including phenoxy) is 1. The fourth-order valence-electron chi connectivity index (χ4n) is 5.59. The van der Waals surface area contributed by atoms with Gasteiger partial charge in [-0.25, -0.2) is 9.37 Å². The van der Waals surface area contributed by atoms with Crippen molar-refractivity contribution in [1.82, 2.24) is 19.8 Å². The fraction of sp³-hybridized carbons (Fsp3) is 0.379. The molecule has 0 unspecified atom stereocenters. The lowest BCUT2D eigenvalue weighted by Crippen LogP contribution is -2.45. The third-order valence-electron chi connectivity index (χ3n) is 7.66. The van der Waals surface area contributed by atoms with Crippen LogP contribution in [-0.4, -0.2) is 84.2 Å². The molecule has 2 aromatic carbocycles. The van der Waals surface area contributed by atoms with Crippen LogP contribution in [0.4, 0.5) is 15.8 Å². The number of H-pyrrole nitrogens is 1. The summed E-state index contributed by atoms with van der Waals surface area (Å²) < 4.78 is 19.6. The molecule has 8 nitrogen and oxygen atoms in total. The van der Waals surface area contributed by atoms with Crippen LogP contribution >= 0.6 is 0 Å². The number of morpholine rings is 1. The lowest BCUT2D eigenvalue weighted by Gasteiger charge is -2.35. The number of rotatable bonds is 7. The Labute approximate surface area is 221 Å². The molecule has 38 heavy (non-hydrogen) atoms. The Bertz CT molecular complexity index is 1310. The van der Waals surface area contributed by atoms with Gasteiger partial charge >= 0.3 is 0 Å². The van der Waals surface area contributed by atoms with Gasteiger partial charge in [-0.1, -0.05) is 12.1 Å². The number of piperidine rings is 1. The maximum atomic E-state index is 14.2. The number of nitrogens with one attached hydrogen (secondary N) is 3. The summed E-state index contributed by atoms with van der Waals surface area (Å²) in [6, 6.07) is 12.6. The number of aromatic amines is 1. The van der Waals surface area contributed by atoms with E-state index >= 15 is 0 Å². The molecule has 6 rings (SSSR count). The van der Waals surface area contributed by atoms with Crippen molar-refractivity contribution in [2.24, 2.45) is 0 Å². The van der Waals surface area contributed by atoms with Gasteiger partial charge in [0.05, 0.1) is 18.8 Å². The molecular weight excluding hydrogens is 483 g/mol. The summed E-state index contributed by atoms with van der Waals surface area (Å²) >= 11 is 0. The normalized spacial score (nSPS) is 20.3. The Kier molecular flexibility index (Phi) is 7.22. The van der Waals surface area contributed by atoms with E-state index < -0.39 is 0 Å². The molecule has 3 aromatic rings. The van der Waals surface area contributed by atoms with Crippen molar-refractivity contribution < 1.29 is 13.9 Å². The van der Waals surface area contributed by atoms with Crippen LogP contribution in [0.15, 0.2) is 54.9 Å². The van der Waals surface area contributed by atoms with Gasteiger partial charge in [0.2, 0.25) is 0 Å². The zero-order valence-corrected chi connectivity index (χ0v) is 21.4. The average Bonchev–Trinajstić information content (AvgIpc) is 3.58. The molecule has 0 atom stereocenters. The van der Waals surface area contributed by atoms with Crippen LogP contribution in [0.3, 0.4) is 0 Å². The zero-order valence-electron chi connectivity index (χ0n) is 21.4. The van der Waals surface area contributed by atoms with Crippen LogP contribution in [0.1, 0.15) is 29.8 Å². The Morgan fingerprint density at radius 2 is 1.84 bits per heavy atom. The van der Waals surface area contributed by atoms with Gasteiger partial charge in [0, 0.05) is 80.2 Å². The van der Waals surface area contributed by atoms with E-state index in [0.29, 0.717) is 28.6 Å². The third-order valence-corrected chi connectivity index (χ3v) is 7.66. The number of carbonyl (C=O) groups excluding carboxylic acids is 1. The molecule has 9 heteroatoms. The number of hydrogen-bond donors (Lipinski definition) is 3. The fourth-order valence-corrected chi connectivity index (χ4v) is 5.59. The second kappa shape index (κ2) is 11.1. The first kappa shape index (κ1) is 24.8. The van der Waals surface area contributed by atoms with Gasteiger partial charge < -0.3 is 25.3 Å². The van der Waals surface area contributed by atoms with Crippen LogP contribution in [0.2, 0.25) is 0 Å². The van der Waals surface area contributed by atoms with Crippen LogP contribution in [0, 0.1) is 5.82 Å². The van der Waals surface area contributed by atoms with Crippen molar-refractivity contribution in [3.8, 4) is 0 Å². The highest BCUT2D eigenvalue weighted by atomic mass is 19.1. The Morgan fingerprint density at radius 1 is 1.05 bits per heavy atom. The number of aromatic nitrogens is 2. The van der Waals surface area contributed by atoms with Crippen molar-refractivity contribution in [2.45, 2.75) is 18.9 Å². The maximum Gasteiger partial charge on any atom is 0.257 e. The quantitative estimate of drug-likeness (QED) is 0.416. The van der Waals surface area contributed by atoms with Gasteiger partial charge in [0.15, 0.2) is 0 Å². The Balaban J connectivity index is 1.19. The first-order valence-corrected chi connectivity index (χ1v) is 13.4. The van der Waals surface area contributed by atoms with Crippen molar-refractivity contribution >= 4 is 28.4 Å². The zero-order chi connectivity index (χ0) is 25.9. The smallest absolute Gasteiger partial charge is 0.257 e. The van der Waals surface area contributed by atoms with Gasteiger partial charge in [-0.05, 0) is 48.7 Å². The Hall–Kier alpha value is -3.53. The third kappa shape index (κ3) is 5.36. The maximum absolute atomic E-state index is 14.2. The standard InChI is InChI=1S/C29H33FN6O2/c30-21-3-1-2-20(18-21)26(28-31-8-9-32-28)27-24-19-23(4-5-25(24)34-29(27)37)33-22-6-10-35(11-7-22)12-13-36-14-16-38-17-15-36/h1-5,8-9,18-19,22,33H,6-7,10-17H2,(H,31,32)(H,34,37). The number of nitrogens with zero attached hydrogens (tertiary/aromatic N) is 3.